The summed E-state index contributed by atoms with van der Waals surface area (Å²) in [4.78, 5) is 10.4. The zero-order valence-electron chi connectivity index (χ0n) is 7.16. The van der Waals surface area contributed by atoms with Crippen molar-refractivity contribution in [1.29, 1.82) is 0 Å². The van der Waals surface area contributed by atoms with Crippen LogP contribution in [0.15, 0.2) is 0 Å². The van der Waals surface area contributed by atoms with E-state index in [0.717, 1.165) is 0 Å². The summed E-state index contributed by atoms with van der Waals surface area (Å²) in [6, 6.07) is 0. The number of hydrogen-bond donors (Lipinski definition) is 0. The zero-order chi connectivity index (χ0) is 8.43. The van der Waals surface area contributed by atoms with E-state index in [9.17, 15) is 4.79 Å². The number of epoxide rings is 1. The van der Waals surface area contributed by atoms with Crippen LogP contribution in [0.25, 0.3) is 0 Å². The lowest BCUT2D eigenvalue weighted by Crippen LogP contribution is -2.10. The molecule has 1 saturated heterocycles. The molecule has 1 aliphatic rings. The van der Waals surface area contributed by atoms with Crippen molar-refractivity contribution in [3.8, 4) is 0 Å². The molecule has 0 aromatic rings. The van der Waals surface area contributed by atoms with Gasteiger partial charge in [0.25, 0.3) is 0 Å². The molecule has 3 nitrogen and oxygen atoms in total. The second-order valence-corrected chi connectivity index (χ2v) is 3.19. The Morgan fingerprint density at radius 1 is 1.64 bits per heavy atom. The molecular formula is C8H14O3. The maximum atomic E-state index is 10.4. The van der Waals surface area contributed by atoms with Crippen molar-refractivity contribution in [1.82, 2.24) is 0 Å². The zero-order valence-corrected chi connectivity index (χ0v) is 7.16. The number of carbonyl (C=O) groups is 1. The van der Waals surface area contributed by atoms with Crippen molar-refractivity contribution in [3.63, 3.8) is 0 Å². The van der Waals surface area contributed by atoms with Gasteiger partial charge in [-0.05, 0) is 5.92 Å². The van der Waals surface area contributed by atoms with E-state index in [1.54, 1.807) is 0 Å². The van der Waals surface area contributed by atoms with E-state index in [1.807, 2.05) is 0 Å². The molecule has 1 aliphatic heterocycles. The molecule has 0 amide bonds. The van der Waals surface area contributed by atoms with Crippen molar-refractivity contribution in [3.05, 3.63) is 0 Å². The molecule has 1 fully saturated rings. The molecule has 0 spiro atoms. The van der Waals surface area contributed by atoms with E-state index in [4.69, 9.17) is 9.47 Å². The third-order valence-electron chi connectivity index (χ3n) is 1.73. The molecule has 1 rings (SSSR count). The van der Waals surface area contributed by atoms with Crippen LogP contribution in [-0.4, -0.2) is 24.8 Å². The Balaban J connectivity index is 2.09. The van der Waals surface area contributed by atoms with Gasteiger partial charge in [0.15, 0.2) is 0 Å². The van der Waals surface area contributed by atoms with Gasteiger partial charge in [-0.15, -0.1) is 0 Å². The monoisotopic (exact) mass is 158 g/mol. The van der Waals surface area contributed by atoms with Gasteiger partial charge < -0.3 is 9.47 Å². The first kappa shape index (κ1) is 8.53. The van der Waals surface area contributed by atoms with Crippen LogP contribution >= 0.6 is 0 Å². The molecule has 0 saturated carbocycles. The highest BCUT2D eigenvalue weighted by molar-refractivity contribution is 5.65. The van der Waals surface area contributed by atoms with Crippen LogP contribution in [0.3, 0.4) is 0 Å². The fraction of sp³-hybridized carbons (Fsp3) is 0.875. The first-order valence-corrected chi connectivity index (χ1v) is 3.90. The van der Waals surface area contributed by atoms with Gasteiger partial charge in [0, 0.05) is 6.92 Å². The molecule has 0 radical (unpaired) electrons. The molecule has 0 aromatic carbocycles. The minimum absolute atomic E-state index is 0.152. The Morgan fingerprint density at radius 3 is 2.64 bits per heavy atom. The van der Waals surface area contributed by atoms with Gasteiger partial charge in [-0.25, -0.2) is 0 Å². The van der Waals surface area contributed by atoms with Crippen LogP contribution in [-0.2, 0) is 14.3 Å². The highest BCUT2D eigenvalue weighted by atomic mass is 16.6. The molecule has 2 atom stereocenters. The quantitative estimate of drug-likeness (QED) is 0.454. The van der Waals surface area contributed by atoms with Crippen LogP contribution in [0.4, 0.5) is 0 Å². The van der Waals surface area contributed by atoms with E-state index < -0.39 is 0 Å². The Labute approximate surface area is 66.7 Å². The number of carbonyl (C=O) groups excluding carboxylic acids is 1. The summed E-state index contributed by atoms with van der Waals surface area (Å²) in [5, 5.41) is 0. The number of hydrogen-bond acceptors (Lipinski definition) is 3. The van der Waals surface area contributed by atoms with Crippen molar-refractivity contribution in [2.45, 2.75) is 33.0 Å². The SMILES string of the molecule is CC(=O)OC[C@H]1O[C@@H]1C(C)C. The lowest BCUT2D eigenvalue weighted by atomic mass is 10.1. The Morgan fingerprint density at radius 2 is 2.27 bits per heavy atom. The van der Waals surface area contributed by atoms with Gasteiger partial charge in [-0.3, -0.25) is 4.79 Å². The summed E-state index contributed by atoms with van der Waals surface area (Å²) < 4.78 is 10.0. The summed E-state index contributed by atoms with van der Waals surface area (Å²) in [5.74, 6) is 0.290. The smallest absolute Gasteiger partial charge is 0.302 e. The molecule has 0 bridgehead atoms. The molecule has 0 aromatic heterocycles. The summed E-state index contributed by atoms with van der Waals surface area (Å²) in [7, 11) is 0. The van der Waals surface area contributed by atoms with Gasteiger partial charge in [0.2, 0.25) is 0 Å². The largest absolute Gasteiger partial charge is 0.463 e. The third-order valence-corrected chi connectivity index (χ3v) is 1.73. The summed E-state index contributed by atoms with van der Waals surface area (Å²) in [6.45, 7) is 6.02. The van der Waals surface area contributed by atoms with Crippen LogP contribution in [0.5, 0.6) is 0 Å². The van der Waals surface area contributed by atoms with Gasteiger partial charge in [0.1, 0.15) is 12.7 Å². The minimum atomic E-state index is -0.233. The maximum absolute atomic E-state index is 10.4. The van der Waals surface area contributed by atoms with E-state index in [1.165, 1.54) is 6.92 Å². The lowest BCUT2D eigenvalue weighted by Gasteiger charge is -1.98. The van der Waals surface area contributed by atoms with Crippen LogP contribution in [0, 0.1) is 5.92 Å². The standard InChI is InChI=1S/C8H14O3/c1-5(2)8-7(11-8)4-10-6(3)9/h5,7-8H,4H2,1-3H3/t7-,8-/m1/s1. The molecule has 1 heterocycles. The van der Waals surface area contributed by atoms with E-state index in [2.05, 4.69) is 13.8 Å². The average molecular weight is 158 g/mol. The predicted molar refractivity (Wildman–Crippen MR) is 40.1 cm³/mol. The lowest BCUT2D eigenvalue weighted by molar-refractivity contribution is -0.141. The summed E-state index contributed by atoms with van der Waals surface area (Å²) in [5.41, 5.74) is 0. The summed E-state index contributed by atoms with van der Waals surface area (Å²) in [6.07, 6.45) is 0.452. The molecule has 11 heavy (non-hydrogen) atoms. The van der Waals surface area contributed by atoms with Crippen molar-refractivity contribution >= 4 is 5.97 Å². The fourth-order valence-corrected chi connectivity index (χ4v) is 1.08. The molecule has 3 heteroatoms. The minimum Gasteiger partial charge on any atom is -0.463 e. The number of esters is 1. The third kappa shape index (κ3) is 2.50. The first-order chi connectivity index (χ1) is 5.11. The summed E-state index contributed by atoms with van der Waals surface area (Å²) >= 11 is 0. The van der Waals surface area contributed by atoms with Crippen LogP contribution < -0.4 is 0 Å². The second kappa shape index (κ2) is 3.22. The van der Waals surface area contributed by atoms with E-state index in [0.29, 0.717) is 18.6 Å². The number of rotatable bonds is 3. The highest BCUT2D eigenvalue weighted by Gasteiger charge is 2.41. The molecule has 0 aliphatic carbocycles. The highest BCUT2D eigenvalue weighted by Crippen LogP contribution is 2.28. The Kier molecular flexibility index (Phi) is 2.49. The first-order valence-electron chi connectivity index (χ1n) is 3.90. The molecule has 0 unspecified atom stereocenters. The van der Waals surface area contributed by atoms with E-state index in [-0.39, 0.29) is 12.1 Å². The normalized spacial score (nSPS) is 28.7. The van der Waals surface area contributed by atoms with Crippen molar-refractivity contribution in [2.75, 3.05) is 6.61 Å². The van der Waals surface area contributed by atoms with Crippen LogP contribution in [0.1, 0.15) is 20.8 Å². The molecular weight excluding hydrogens is 144 g/mol. The van der Waals surface area contributed by atoms with Gasteiger partial charge >= 0.3 is 5.97 Å². The second-order valence-electron chi connectivity index (χ2n) is 3.19. The molecule has 64 valence electrons. The topological polar surface area (TPSA) is 38.8 Å². The predicted octanol–water partition coefficient (Wildman–Crippen LogP) is 0.973. The fourth-order valence-electron chi connectivity index (χ4n) is 1.08. The van der Waals surface area contributed by atoms with E-state index >= 15 is 0 Å². The average Bonchev–Trinajstić information content (AvgIpc) is 2.61. The molecule has 0 N–H and O–H groups in total. The van der Waals surface area contributed by atoms with Gasteiger partial charge in [-0.2, -0.15) is 0 Å². The van der Waals surface area contributed by atoms with Gasteiger partial charge in [-0.1, -0.05) is 13.8 Å². The number of ether oxygens (including phenoxy) is 2. The Bertz CT molecular complexity index is 153. The van der Waals surface area contributed by atoms with Gasteiger partial charge in [0.05, 0.1) is 6.10 Å². The van der Waals surface area contributed by atoms with Crippen molar-refractivity contribution in [2.24, 2.45) is 5.92 Å². The van der Waals surface area contributed by atoms with Crippen LogP contribution in [0.2, 0.25) is 0 Å². The van der Waals surface area contributed by atoms with Crippen molar-refractivity contribution < 1.29 is 14.3 Å². The maximum Gasteiger partial charge on any atom is 0.302 e. The Hall–Kier alpha value is -0.570.